The quantitative estimate of drug-likeness (QED) is 0.795. The Morgan fingerprint density at radius 2 is 2.25 bits per heavy atom. The highest BCUT2D eigenvalue weighted by Gasteiger charge is 2.06. The molecule has 0 aromatic heterocycles. The Morgan fingerprint density at radius 3 is 2.75 bits per heavy atom. The van der Waals surface area contributed by atoms with Crippen LogP contribution in [0.3, 0.4) is 0 Å². The zero-order chi connectivity index (χ0) is 9.14. The fourth-order valence-electron chi connectivity index (χ4n) is 1.05. The smallest absolute Gasteiger partial charge is 0.100 e. The van der Waals surface area contributed by atoms with Gasteiger partial charge in [-0.1, -0.05) is 6.07 Å². The van der Waals surface area contributed by atoms with Gasteiger partial charge < -0.3 is 5.73 Å². The molecule has 0 spiro atoms. The van der Waals surface area contributed by atoms with E-state index in [1.165, 1.54) is 0 Å². The van der Waals surface area contributed by atoms with Gasteiger partial charge in [0.1, 0.15) is 6.07 Å². The Bertz CT molecular complexity index is 339. The molecule has 1 aromatic rings. The number of halogens is 1. The van der Waals surface area contributed by atoms with Crippen molar-refractivity contribution in [1.29, 1.82) is 5.26 Å². The first-order valence-electron chi connectivity index (χ1n) is 3.59. The summed E-state index contributed by atoms with van der Waals surface area (Å²) in [5.41, 5.74) is 8.30. The molecule has 0 aliphatic heterocycles. The second-order valence-corrected chi connectivity index (χ2v) is 3.33. The molecule has 0 aliphatic carbocycles. The van der Waals surface area contributed by atoms with Gasteiger partial charge in [-0.05, 0) is 40.0 Å². The highest BCUT2D eigenvalue weighted by molar-refractivity contribution is 9.10. The number of hydrogen-bond acceptors (Lipinski definition) is 2. The van der Waals surface area contributed by atoms with E-state index in [-0.39, 0.29) is 0 Å². The molecule has 62 valence electrons. The number of hydrogen-bond donors (Lipinski definition) is 1. The molecule has 0 amide bonds. The Labute approximate surface area is 80.1 Å². The molecule has 3 heteroatoms. The Kier molecular flexibility index (Phi) is 2.85. The van der Waals surface area contributed by atoms with Gasteiger partial charge in [0.15, 0.2) is 0 Å². The average molecular weight is 225 g/mol. The van der Waals surface area contributed by atoms with Crippen LogP contribution in [0, 0.1) is 18.3 Å². The standard InChI is InChI=1S/C9H9BrN2/c1-6-2-3-7(4-11)9(10)8(6)5-12/h2-3H,5,12H2,1H3. The van der Waals surface area contributed by atoms with Gasteiger partial charge in [-0.15, -0.1) is 0 Å². The van der Waals surface area contributed by atoms with Crippen molar-refractivity contribution in [2.24, 2.45) is 5.73 Å². The van der Waals surface area contributed by atoms with Crippen LogP contribution in [0.5, 0.6) is 0 Å². The summed E-state index contributed by atoms with van der Waals surface area (Å²) in [6.07, 6.45) is 0. The second-order valence-electron chi connectivity index (χ2n) is 2.54. The average Bonchev–Trinajstić information content (AvgIpc) is 2.06. The van der Waals surface area contributed by atoms with Crippen molar-refractivity contribution in [1.82, 2.24) is 0 Å². The summed E-state index contributed by atoms with van der Waals surface area (Å²) in [4.78, 5) is 0. The van der Waals surface area contributed by atoms with E-state index in [0.29, 0.717) is 12.1 Å². The predicted octanol–water partition coefficient (Wildman–Crippen LogP) is 2.09. The largest absolute Gasteiger partial charge is 0.326 e. The summed E-state index contributed by atoms with van der Waals surface area (Å²) in [6.45, 7) is 2.44. The van der Waals surface area contributed by atoms with Gasteiger partial charge in [0.05, 0.1) is 5.56 Å². The van der Waals surface area contributed by atoms with Crippen molar-refractivity contribution in [3.05, 3.63) is 33.3 Å². The molecule has 2 N–H and O–H groups in total. The van der Waals surface area contributed by atoms with Gasteiger partial charge >= 0.3 is 0 Å². The van der Waals surface area contributed by atoms with Crippen molar-refractivity contribution >= 4 is 15.9 Å². The zero-order valence-corrected chi connectivity index (χ0v) is 8.35. The van der Waals surface area contributed by atoms with Crippen molar-refractivity contribution in [3.63, 3.8) is 0 Å². The van der Waals surface area contributed by atoms with E-state index in [1.807, 2.05) is 13.0 Å². The van der Waals surface area contributed by atoms with E-state index in [1.54, 1.807) is 6.07 Å². The minimum atomic E-state index is 0.460. The summed E-state index contributed by atoms with van der Waals surface area (Å²) in [5, 5.41) is 8.71. The summed E-state index contributed by atoms with van der Waals surface area (Å²) < 4.78 is 0.826. The van der Waals surface area contributed by atoms with E-state index < -0.39 is 0 Å². The lowest BCUT2D eigenvalue weighted by atomic mass is 10.1. The van der Waals surface area contributed by atoms with Crippen molar-refractivity contribution in [3.8, 4) is 6.07 Å². The van der Waals surface area contributed by atoms with Crippen LogP contribution in [0.1, 0.15) is 16.7 Å². The number of rotatable bonds is 1. The fourth-order valence-corrected chi connectivity index (χ4v) is 1.75. The summed E-state index contributed by atoms with van der Waals surface area (Å²) in [5.74, 6) is 0. The molecule has 0 atom stereocenters. The van der Waals surface area contributed by atoms with E-state index in [2.05, 4.69) is 22.0 Å². The molecular formula is C9H9BrN2. The molecule has 0 radical (unpaired) electrons. The Morgan fingerprint density at radius 1 is 1.58 bits per heavy atom. The number of nitriles is 1. The lowest BCUT2D eigenvalue weighted by Crippen LogP contribution is -2.01. The van der Waals surface area contributed by atoms with Crippen molar-refractivity contribution < 1.29 is 0 Å². The van der Waals surface area contributed by atoms with Crippen molar-refractivity contribution in [2.45, 2.75) is 13.5 Å². The Hall–Kier alpha value is -0.850. The number of benzene rings is 1. The van der Waals surface area contributed by atoms with Gasteiger partial charge in [-0.25, -0.2) is 0 Å². The van der Waals surface area contributed by atoms with E-state index in [9.17, 15) is 0 Å². The van der Waals surface area contributed by atoms with Gasteiger partial charge in [-0.2, -0.15) is 5.26 Å². The van der Waals surface area contributed by atoms with Gasteiger partial charge in [0.25, 0.3) is 0 Å². The van der Waals surface area contributed by atoms with Gasteiger partial charge in [0, 0.05) is 11.0 Å². The third-order valence-corrected chi connectivity index (χ3v) is 2.71. The van der Waals surface area contributed by atoms with E-state index in [4.69, 9.17) is 11.0 Å². The zero-order valence-electron chi connectivity index (χ0n) is 6.76. The predicted molar refractivity (Wildman–Crippen MR) is 51.5 cm³/mol. The third-order valence-electron chi connectivity index (χ3n) is 1.80. The van der Waals surface area contributed by atoms with Crippen LogP contribution in [-0.4, -0.2) is 0 Å². The molecule has 0 heterocycles. The normalized spacial score (nSPS) is 9.50. The first-order valence-corrected chi connectivity index (χ1v) is 4.38. The van der Waals surface area contributed by atoms with Crippen molar-refractivity contribution in [2.75, 3.05) is 0 Å². The SMILES string of the molecule is Cc1ccc(C#N)c(Br)c1CN. The number of aryl methyl sites for hydroxylation is 1. The molecule has 0 saturated heterocycles. The van der Waals surface area contributed by atoms with Crippen LogP contribution in [-0.2, 0) is 6.54 Å². The fraction of sp³-hybridized carbons (Fsp3) is 0.222. The van der Waals surface area contributed by atoms with Crippen LogP contribution >= 0.6 is 15.9 Å². The topological polar surface area (TPSA) is 49.8 Å². The number of nitrogens with zero attached hydrogens (tertiary/aromatic N) is 1. The van der Waals surface area contributed by atoms with Gasteiger partial charge in [-0.3, -0.25) is 0 Å². The third kappa shape index (κ3) is 1.50. The summed E-state index contributed by atoms with van der Waals surface area (Å²) in [7, 11) is 0. The highest BCUT2D eigenvalue weighted by Crippen LogP contribution is 2.23. The van der Waals surface area contributed by atoms with E-state index in [0.717, 1.165) is 15.6 Å². The summed E-state index contributed by atoms with van der Waals surface area (Å²) >= 11 is 3.35. The molecule has 12 heavy (non-hydrogen) atoms. The maximum Gasteiger partial charge on any atom is 0.100 e. The molecule has 1 aromatic carbocycles. The minimum absolute atomic E-state index is 0.460. The summed E-state index contributed by atoms with van der Waals surface area (Å²) in [6, 6.07) is 5.79. The lowest BCUT2D eigenvalue weighted by Gasteiger charge is -2.06. The molecule has 0 fully saturated rings. The second kappa shape index (κ2) is 3.70. The molecule has 0 bridgehead atoms. The first kappa shape index (κ1) is 9.24. The molecular weight excluding hydrogens is 216 g/mol. The lowest BCUT2D eigenvalue weighted by molar-refractivity contribution is 1.04. The number of nitrogens with two attached hydrogens (primary N) is 1. The highest BCUT2D eigenvalue weighted by atomic mass is 79.9. The van der Waals surface area contributed by atoms with Crippen LogP contribution in [0.4, 0.5) is 0 Å². The maximum absolute atomic E-state index is 8.71. The minimum Gasteiger partial charge on any atom is -0.326 e. The molecule has 2 nitrogen and oxygen atoms in total. The monoisotopic (exact) mass is 224 g/mol. The van der Waals surface area contributed by atoms with Crippen LogP contribution < -0.4 is 5.73 Å². The molecule has 0 saturated carbocycles. The van der Waals surface area contributed by atoms with Gasteiger partial charge in [0.2, 0.25) is 0 Å². The van der Waals surface area contributed by atoms with Crippen LogP contribution in [0.2, 0.25) is 0 Å². The van der Waals surface area contributed by atoms with Crippen LogP contribution in [0.15, 0.2) is 16.6 Å². The molecule has 0 aliphatic rings. The van der Waals surface area contributed by atoms with Crippen LogP contribution in [0.25, 0.3) is 0 Å². The molecule has 0 unspecified atom stereocenters. The Balaban J connectivity index is 3.36. The molecule has 1 rings (SSSR count). The first-order chi connectivity index (χ1) is 5.70. The maximum atomic E-state index is 8.71. The van der Waals surface area contributed by atoms with E-state index >= 15 is 0 Å².